The number of rotatable bonds is 4. The molecule has 6 nitrogen and oxygen atoms in total. The molecule has 0 atom stereocenters. The van der Waals surface area contributed by atoms with Gasteiger partial charge in [-0.3, -0.25) is 14.2 Å². The summed E-state index contributed by atoms with van der Waals surface area (Å²) in [6.45, 7) is 3.78. The number of thiophene rings is 1. The van der Waals surface area contributed by atoms with Crippen LogP contribution >= 0.6 is 23.1 Å². The third-order valence-electron chi connectivity index (χ3n) is 4.02. The Balaban J connectivity index is 1.77. The summed E-state index contributed by atoms with van der Waals surface area (Å²) in [5.41, 5.74) is 1.85. The fraction of sp³-hybridized carbons (Fsp3) is 0.222. The quantitative estimate of drug-likeness (QED) is 0.551. The molecule has 0 saturated heterocycles. The summed E-state index contributed by atoms with van der Waals surface area (Å²) in [5, 5.41) is 13.6. The zero-order chi connectivity index (χ0) is 18.8. The van der Waals surface area contributed by atoms with Gasteiger partial charge in [-0.25, -0.2) is 4.98 Å². The first-order valence-corrected chi connectivity index (χ1v) is 9.61. The van der Waals surface area contributed by atoms with Crippen LogP contribution in [0.25, 0.3) is 10.9 Å². The molecule has 0 spiro atoms. The van der Waals surface area contributed by atoms with Gasteiger partial charge in [-0.2, -0.15) is 5.26 Å². The van der Waals surface area contributed by atoms with E-state index in [1.54, 1.807) is 25.2 Å². The minimum absolute atomic E-state index is 0.0967. The van der Waals surface area contributed by atoms with E-state index in [1.807, 2.05) is 19.9 Å². The minimum Gasteiger partial charge on any atom is -0.316 e. The Morgan fingerprint density at radius 3 is 2.85 bits per heavy atom. The van der Waals surface area contributed by atoms with E-state index < -0.39 is 0 Å². The van der Waals surface area contributed by atoms with Gasteiger partial charge in [-0.05, 0) is 31.5 Å². The zero-order valence-corrected chi connectivity index (χ0v) is 16.1. The van der Waals surface area contributed by atoms with Crippen molar-refractivity contribution in [2.24, 2.45) is 7.05 Å². The number of hydrogen-bond acceptors (Lipinski definition) is 6. The van der Waals surface area contributed by atoms with E-state index in [0.717, 1.165) is 10.4 Å². The van der Waals surface area contributed by atoms with Crippen molar-refractivity contribution in [2.75, 3.05) is 11.1 Å². The molecule has 1 amide bonds. The topological polar surface area (TPSA) is 87.8 Å². The molecule has 1 N–H and O–H groups in total. The van der Waals surface area contributed by atoms with Gasteiger partial charge in [0.25, 0.3) is 5.56 Å². The van der Waals surface area contributed by atoms with Crippen LogP contribution in [-0.2, 0) is 11.8 Å². The molecular weight excluding hydrogens is 368 g/mol. The third kappa shape index (κ3) is 3.36. The molecule has 0 fully saturated rings. The maximum Gasteiger partial charge on any atom is 0.261 e. The van der Waals surface area contributed by atoms with Gasteiger partial charge < -0.3 is 5.32 Å². The third-order valence-corrected chi connectivity index (χ3v) is 6.18. The van der Waals surface area contributed by atoms with Crippen molar-refractivity contribution >= 4 is 44.9 Å². The number of amides is 1. The molecule has 0 bridgehead atoms. The van der Waals surface area contributed by atoms with Crippen molar-refractivity contribution in [1.82, 2.24) is 9.55 Å². The molecule has 2 heterocycles. The van der Waals surface area contributed by atoms with Crippen LogP contribution in [-0.4, -0.2) is 21.2 Å². The maximum atomic E-state index is 12.4. The van der Waals surface area contributed by atoms with Crippen LogP contribution in [0.2, 0.25) is 0 Å². The Kier molecular flexibility index (Phi) is 5.11. The van der Waals surface area contributed by atoms with Gasteiger partial charge in [0.1, 0.15) is 11.1 Å². The molecule has 3 rings (SSSR count). The zero-order valence-electron chi connectivity index (χ0n) is 14.5. The number of para-hydroxylation sites is 1. The van der Waals surface area contributed by atoms with Gasteiger partial charge in [0.15, 0.2) is 5.16 Å². The predicted octanol–water partition coefficient (Wildman–Crippen LogP) is 3.21. The van der Waals surface area contributed by atoms with E-state index >= 15 is 0 Å². The first kappa shape index (κ1) is 18.2. The second-order valence-electron chi connectivity index (χ2n) is 5.71. The van der Waals surface area contributed by atoms with Crippen molar-refractivity contribution < 1.29 is 4.79 Å². The molecule has 1 aromatic carbocycles. The summed E-state index contributed by atoms with van der Waals surface area (Å²) in [6, 6.07) is 9.25. The van der Waals surface area contributed by atoms with E-state index in [2.05, 4.69) is 16.4 Å². The Morgan fingerprint density at radius 1 is 1.38 bits per heavy atom. The number of benzene rings is 1. The second kappa shape index (κ2) is 7.32. The summed E-state index contributed by atoms with van der Waals surface area (Å²) in [4.78, 5) is 30.1. The number of fused-ring (bicyclic) bond motifs is 1. The number of nitriles is 1. The van der Waals surface area contributed by atoms with Crippen LogP contribution in [0.5, 0.6) is 0 Å². The van der Waals surface area contributed by atoms with Crippen LogP contribution in [0.15, 0.2) is 34.2 Å². The highest BCUT2D eigenvalue weighted by Crippen LogP contribution is 2.31. The van der Waals surface area contributed by atoms with Gasteiger partial charge in [0.05, 0.1) is 22.2 Å². The number of carbonyl (C=O) groups is 1. The number of carbonyl (C=O) groups excluding carboxylic acids is 1. The van der Waals surface area contributed by atoms with Crippen LogP contribution in [0.4, 0.5) is 5.00 Å². The van der Waals surface area contributed by atoms with Crippen LogP contribution < -0.4 is 10.9 Å². The Bertz CT molecular complexity index is 1110. The lowest BCUT2D eigenvalue weighted by molar-refractivity contribution is -0.113. The Morgan fingerprint density at radius 2 is 2.12 bits per heavy atom. The smallest absolute Gasteiger partial charge is 0.261 e. The lowest BCUT2D eigenvalue weighted by Gasteiger charge is -2.08. The summed E-state index contributed by atoms with van der Waals surface area (Å²) in [6.07, 6.45) is 0. The van der Waals surface area contributed by atoms with Gasteiger partial charge >= 0.3 is 0 Å². The summed E-state index contributed by atoms with van der Waals surface area (Å²) in [5.74, 6) is -0.144. The van der Waals surface area contributed by atoms with Crippen molar-refractivity contribution in [1.29, 1.82) is 5.26 Å². The SMILES string of the molecule is Cc1sc(NC(=O)CSc2nc3ccccc3c(=O)n2C)c(C#N)c1C. The van der Waals surface area contributed by atoms with E-state index in [9.17, 15) is 14.9 Å². The van der Waals surface area contributed by atoms with Gasteiger partial charge in [-0.15, -0.1) is 11.3 Å². The molecule has 132 valence electrons. The first-order valence-electron chi connectivity index (χ1n) is 7.81. The summed E-state index contributed by atoms with van der Waals surface area (Å²) in [7, 11) is 1.64. The minimum atomic E-state index is -0.241. The van der Waals surface area contributed by atoms with E-state index in [-0.39, 0.29) is 17.2 Å². The highest BCUT2D eigenvalue weighted by Gasteiger charge is 2.16. The first-order chi connectivity index (χ1) is 12.4. The standard InChI is InChI=1S/C18H16N4O2S2/c1-10-11(2)26-16(13(10)8-19)21-15(23)9-25-18-20-14-7-5-4-6-12(14)17(24)22(18)3/h4-7H,9H2,1-3H3,(H,21,23). The number of thioether (sulfide) groups is 1. The van der Waals surface area contributed by atoms with Crippen molar-refractivity contribution in [3.05, 3.63) is 50.6 Å². The molecule has 0 aliphatic carbocycles. The molecule has 26 heavy (non-hydrogen) atoms. The number of anilines is 1. The van der Waals surface area contributed by atoms with Crippen LogP contribution in [0, 0.1) is 25.2 Å². The molecule has 8 heteroatoms. The van der Waals surface area contributed by atoms with Crippen molar-refractivity contribution in [3.8, 4) is 6.07 Å². The van der Waals surface area contributed by atoms with E-state index in [0.29, 0.717) is 26.6 Å². The average molecular weight is 384 g/mol. The maximum absolute atomic E-state index is 12.4. The second-order valence-corrected chi connectivity index (χ2v) is 7.88. The summed E-state index contributed by atoms with van der Waals surface area (Å²) >= 11 is 2.58. The van der Waals surface area contributed by atoms with Crippen LogP contribution in [0.3, 0.4) is 0 Å². The predicted molar refractivity (Wildman–Crippen MR) is 105 cm³/mol. The Labute approximate surface area is 158 Å². The Hall–Kier alpha value is -2.63. The number of nitrogens with one attached hydrogen (secondary N) is 1. The van der Waals surface area contributed by atoms with E-state index in [1.165, 1.54) is 27.7 Å². The molecule has 0 aliphatic rings. The van der Waals surface area contributed by atoms with Gasteiger partial charge in [-0.1, -0.05) is 23.9 Å². The highest BCUT2D eigenvalue weighted by atomic mass is 32.2. The fourth-order valence-electron chi connectivity index (χ4n) is 2.47. The number of aromatic nitrogens is 2. The van der Waals surface area contributed by atoms with Gasteiger partial charge in [0.2, 0.25) is 5.91 Å². The lowest BCUT2D eigenvalue weighted by Crippen LogP contribution is -2.21. The molecule has 2 aromatic heterocycles. The summed E-state index contributed by atoms with van der Waals surface area (Å²) < 4.78 is 1.44. The molecule has 0 aliphatic heterocycles. The number of nitrogens with zero attached hydrogens (tertiary/aromatic N) is 3. The fourth-order valence-corrected chi connectivity index (χ4v) is 4.27. The highest BCUT2D eigenvalue weighted by molar-refractivity contribution is 7.99. The van der Waals surface area contributed by atoms with Crippen molar-refractivity contribution in [3.63, 3.8) is 0 Å². The van der Waals surface area contributed by atoms with Crippen LogP contribution in [0.1, 0.15) is 16.0 Å². The number of aryl methyl sites for hydroxylation is 1. The molecule has 0 radical (unpaired) electrons. The normalized spacial score (nSPS) is 10.7. The molecular formula is C18H16N4O2S2. The molecule has 0 saturated carbocycles. The molecule has 3 aromatic rings. The van der Waals surface area contributed by atoms with E-state index in [4.69, 9.17) is 0 Å². The number of hydrogen-bond donors (Lipinski definition) is 1. The monoisotopic (exact) mass is 384 g/mol. The molecule has 0 unspecified atom stereocenters. The lowest BCUT2D eigenvalue weighted by atomic mass is 10.2. The average Bonchev–Trinajstić information content (AvgIpc) is 2.90. The van der Waals surface area contributed by atoms with Gasteiger partial charge in [0, 0.05) is 11.9 Å². The van der Waals surface area contributed by atoms with Crippen molar-refractivity contribution in [2.45, 2.75) is 19.0 Å². The largest absolute Gasteiger partial charge is 0.316 e.